The summed E-state index contributed by atoms with van der Waals surface area (Å²) in [5.74, 6) is 7.48. The van der Waals surface area contributed by atoms with Crippen LogP contribution in [0.3, 0.4) is 0 Å². The maximum atomic E-state index is 5.45. The van der Waals surface area contributed by atoms with E-state index in [1.807, 2.05) is 39.0 Å². The minimum Gasteiger partial charge on any atom is -0.340 e. The summed E-state index contributed by atoms with van der Waals surface area (Å²) in [7, 11) is 0. The molecule has 0 spiro atoms. The maximum Gasteiger partial charge on any atom is 0.148 e. The van der Waals surface area contributed by atoms with Crippen molar-refractivity contribution in [2.45, 2.75) is 20.8 Å². The van der Waals surface area contributed by atoms with E-state index in [4.69, 9.17) is 5.84 Å². The molecule has 2 aromatic rings. The molecule has 0 radical (unpaired) electrons. The van der Waals surface area contributed by atoms with Gasteiger partial charge in [-0.1, -0.05) is 22.0 Å². The van der Waals surface area contributed by atoms with Crippen molar-refractivity contribution in [3.05, 3.63) is 39.6 Å². The van der Waals surface area contributed by atoms with E-state index in [9.17, 15) is 0 Å². The van der Waals surface area contributed by atoms with Crippen molar-refractivity contribution in [3.63, 3.8) is 0 Å². The van der Waals surface area contributed by atoms with Gasteiger partial charge < -0.3 is 10.7 Å². The molecule has 0 saturated carbocycles. The number of hydrazine groups is 1. The van der Waals surface area contributed by atoms with E-state index in [1.54, 1.807) is 0 Å². The third-order valence-corrected chi connectivity index (χ3v) is 3.68. The summed E-state index contributed by atoms with van der Waals surface area (Å²) in [5, 5.41) is 3.28. The minimum atomic E-state index is 0.626. The molecule has 0 aliphatic rings. The first-order chi connectivity index (χ1) is 9.01. The zero-order valence-corrected chi connectivity index (χ0v) is 12.7. The number of rotatable bonds is 3. The van der Waals surface area contributed by atoms with Gasteiger partial charge >= 0.3 is 0 Å². The van der Waals surface area contributed by atoms with E-state index in [2.05, 4.69) is 36.6 Å². The number of nitrogen functional groups attached to an aromatic ring is 1. The fourth-order valence-corrected chi connectivity index (χ4v) is 2.08. The lowest BCUT2D eigenvalue weighted by Gasteiger charge is -2.13. The van der Waals surface area contributed by atoms with E-state index < -0.39 is 0 Å². The molecule has 4 N–H and O–H groups in total. The van der Waals surface area contributed by atoms with Gasteiger partial charge in [-0.05, 0) is 38.5 Å². The molecule has 5 nitrogen and oxygen atoms in total. The number of nitrogens with two attached hydrogens (primary N) is 1. The summed E-state index contributed by atoms with van der Waals surface area (Å²) in [6, 6.07) is 6.06. The summed E-state index contributed by atoms with van der Waals surface area (Å²) >= 11 is 3.52. The highest BCUT2D eigenvalue weighted by molar-refractivity contribution is 9.10. The monoisotopic (exact) mass is 321 g/mol. The van der Waals surface area contributed by atoms with Gasteiger partial charge in [0, 0.05) is 15.7 Å². The van der Waals surface area contributed by atoms with Crippen LogP contribution in [0.1, 0.15) is 17.0 Å². The average molecular weight is 322 g/mol. The fourth-order valence-electron chi connectivity index (χ4n) is 1.70. The van der Waals surface area contributed by atoms with Crippen molar-refractivity contribution < 1.29 is 0 Å². The quantitative estimate of drug-likeness (QED) is 0.598. The Hall–Kier alpha value is -1.66. The third-order valence-electron chi connectivity index (χ3n) is 2.83. The first-order valence-corrected chi connectivity index (χ1v) is 6.65. The number of nitrogens with zero attached hydrogens (tertiary/aromatic N) is 2. The Kier molecular flexibility index (Phi) is 4.01. The molecule has 6 heteroatoms. The number of hydrogen-bond acceptors (Lipinski definition) is 5. The topological polar surface area (TPSA) is 75.9 Å². The van der Waals surface area contributed by atoms with Gasteiger partial charge in [0.2, 0.25) is 0 Å². The number of aryl methyl sites for hydroxylation is 2. The maximum absolute atomic E-state index is 5.45. The molecule has 100 valence electrons. The standard InChI is InChI=1S/C13H16BrN5/c1-7-4-5-10(6-11(7)14)18-12-8(2)13(19-15)17-9(3)16-12/h4-6H,15H2,1-3H3,(H2,16,17,18,19). The van der Waals surface area contributed by atoms with E-state index >= 15 is 0 Å². The van der Waals surface area contributed by atoms with Crippen molar-refractivity contribution in [1.29, 1.82) is 0 Å². The number of halogens is 1. The Morgan fingerprint density at radius 3 is 2.42 bits per heavy atom. The molecular weight excluding hydrogens is 306 g/mol. The van der Waals surface area contributed by atoms with Crippen molar-refractivity contribution in [1.82, 2.24) is 9.97 Å². The normalized spacial score (nSPS) is 10.4. The number of hydrogen-bond donors (Lipinski definition) is 3. The van der Waals surface area contributed by atoms with Crippen LogP contribution in [0, 0.1) is 20.8 Å². The van der Waals surface area contributed by atoms with Crippen molar-refractivity contribution in [2.75, 3.05) is 10.7 Å². The van der Waals surface area contributed by atoms with Crippen LogP contribution in [-0.2, 0) is 0 Å². The molecule has 0 saturated heterocycles. The molecule has 0 bridgehead atoms. The molecular formula is C13H16BrN5. The van der Waals surface area contributed by atoms with Gasteiger partial charge in [-0.15, -0.1) is 0 Å². The fraction of sp³-hybridized carbons (Fsp3) is 0.231. The predicted octanol–water partition coefficient (Wildman–Crippen LogP) is 3.19. The Morgan fingerprint density at radius 2 is 1.79 bits per heavy atom. The van der Waals surface area contributed by atoms with E-state index in [0.717, 1.165) is 21.5 Å². The molecule has 0 aliphatic heterocycles. The van der Waals surface area contributed by atoms with Crippen molar-refractivity contribution >= 4 is 33.3 Å². The summed E-state index contributed by atoms with van der Waals surface area (Å²) in [4.78, 5) is 8.62. The van der Waals surface area contributed by atoms with Crippen LogP contribution in [0.25, 0.3) is 0 Å². The van der Waals surface area contributed by atoms with Gasteiger partial charge in [0.15, 0.2) is 0 Å². The zero-order valence-electron chi connectivity index (χ0n) is 11.1. The molecule has 1 aromatic carbocycles. The highest BCUT2D eigenvalue weighted by Crippen LogP contribution is 2.26. The van der Waals surface area contributed by atoms with Crippen LogP contribution >= 0.6 is 15.9 Å². The van der Waals surface area contributed by atoms with Gasteiger partial charge in [-0.3, -0.25) is 0 Å². The lowest BCUT2D eigenvalue weighted by atomic mass is 10.2. The highest BCUT2D eigenvalue weighted by atomic mass is 79.9. The second kappa shape index (κ2) is 5.54. The molecule has 1 aromatic heterocycles. The van der Waals surface area contributed by atoms with Crippen molar-refractivity contribution in [2.24, 2.45) is 5.84 Å². The van der Waals surface area contributed by atoms with Gasteiger partial charge in [-0.2, -0.15) is 0 Å². The van der Waals surface area contributed by atoms with Crippen LogP contribution < -0.4 is 16.6 Å². The summed E-state index contributed by atoms with van der Waals surface area (Å²) in [6.45, 7) is 5.79. The van der Waals surface area contributed by atoms with Gasteiger partial charge in [0.25, 0.3) is 0 Å². The highest BCUT2D eigenvalue weighted by Gasteiger charge is 2.09. The minimum absolute atomic E-state index is 0.626. The number of benzene rings is 1. The number of aromatic nitrogens is 2. The zero-order chi connectivity index (χ0) is 14.0. The molecule has 19 heavy (non-hydrogen) atoms. The van der Waals surface area contributed by atoms with E-state index in [1.165, 1.54) is 5.56 Å². The Balaban J connectivity index is 2.37. The Morgan fingerprint density at radius 1 is 1.11 bits per heavy atom. The molecule has 0 atom stereocenters. The van der Waals surface area contributed by atoms with Crippen molar-refractivity contribution in [3.8, 4) is 0 Å². The second-order valence-electron chi connectivity index (χ2n) is 4.33. The van der Waals surface area contributed by atoms with Crippen LogP contribution in [-0.4, -0.2) is 9.97 Å². The summed E-state index contributed by atoms with van der Waals surface area (Å²) in [6.07, 6.45) is 0. The smallest absolute Gasteiger partial charge is 0.148 e. The molecule has 0 unspecified atom stereocenters. The first kappa shape index (κ1) is 13.8. The van der Waals surface area contributed by atoms with Crippen LogP contribution in [0.4, 0.5) is 17.3 Å². The number of nitrogens with one attached hydrogen (secondary N) is 2. The third kappa shape index (κ3) is 3.02. The van der Waals surface area contributed by atoms with Crippen LogP contribution in [0.2, 0.25) is 0 Å². The molecule has 2 rings (SSSR count). The molecule has 0 amide bonds. The first-order valence-electron chi connectivity index (χ1n) is 5.86. The average Bonchev–Trinajstić information content (AvgIpc) is 2.37. The van der Waals surface area contributed by atoms with E-state index in [-0.39, 0.29) is 0 Å². The molecule has 0 aliphatic carbocycles. The predicted molar refractivity (Wildman–Crippen MR) is 81.5 cm³/mol. The van der Waals surface area contributed by atoms with Gasteiger partial charge in [-0.25, -0.2) is 15.8 Å². The van der Waals surface area contributed by atoms with Gasteiger partial charge in [0.05, 0.1) is 0 Å². The SMILES string of the molecule is Cc1nc(NN)c(C)c(Nc2ccc(C)c(Br)c2)n1. The van der Waals surface area contributed by atoms with Crippen LogP contribution in [0.5, 0.6) is 0 Å². The summed E-state index contributed by atoms with van der Waals surface area (Å²) in [5.41, 5.74) is 5.61. The summed E-state index contributed by atoms with van der Waals surface area (Å²) < 4.78 is 1.05. The van der Waals surface area contributed by atoms with Crippen LogP contribution in [0.15, 0.2) is 22.7 Å². The Labute approximate surface area is 120 Å². The molecule has 0 fully saturated rings. The number of anilines is 3. The molecule has 1 heterocycles. The lowest BCUT2D eigenvalue weighted by Crippen LogP contribution is -2.13. The van der Waals surface area contributed by atoms with E-state index in [0.29, 0.717) is 11.6 Å². The Bertz CT molecular complexity index is 612. The largest absolute Gasteiger partial charge is 0.340 e. The lowest BCUT2D eigenvalue weighted by molar-refractivity contribution is 1.03. The van der Waals surface area contributed by atoms with Gasteiger partial charge in [0.1, 0.15) is 17.5 Å². The second-order valence-corrected chi connectivity index (χ2v) is 5.18.